The predicted octanol–water partition coefficient (Wildman–Crippen LogP) is -0.109. The normalized spacial score (nSPS) is 24.1. The number of nitrogens with two attached hydrogens (primary N) is 1. The molecule has 5 heteroatoms. The highest BCUT2D eigenvalue weighted by Gasteiger charge is 2.25. The molecule has 16 heavy (non-hydrogen) atoms. The van der Waals surface area contributed by atoms with Crippen LogP contribution in [0.3, 0.4) is 0 Å². The summed E-state index contributed by atoms with van der Waals surface area (Å²) in [5.41, 5.74) is 5.73. The maximum atomic E-state index is 11.7. The minimum absolute atomic E-state index is 0.101. The number of carbonyl (C=O) groups is 1. The fourth-order valence-electron chi connectivity index (χ4n) is 1.77. The van der Waals surface area contributed by atoms with Crippen molar-refractivity contribution in [3.8, 4) is 0 Å². The van der Waals surface area contributed by atoms with Crippen LogP contribution >= 0.6 is 0 Å². The zero-order valence-electron chi connectivity index (χ0n) is 10.1. The number of ether oxygens (including phenoxy) is 2. The van der Waals surface area contributed by atoms with Gasteiger partial charge in [-0.15, -0.1) is 0 Å². The molecule has 1 heterocycles. The lowest BCUT2D eigenvalue weighted by Crippen LogP contribution is -2.47. The van der Waals surface area contributed by atoms with Crippen molar-refractivity contribution in [1.82, 2.24) is 5.32 Å². The second-order valence-corrected chi connectivity index (χ2v) is 4.31. The highest BCUT2D eigenvalue weighted by atomic mass is 16.5. The van der Waals surface area contributed by atoms with E-state index in [4.69, 9.17) is 15.2 Å². The predicted molar refractivity (Wildman–Crippen MR) is 61.0 cm³/mol. The molecule has 3 N–H and O–H groups in total. The highest BCUT2D eigenvalue weighted by molar-refractivity contribution is 5.81. The van der Waals surface area contributed by atoms with E-state index < -0.39 is 6.04 Å². The summed E-state index contributed by atoms with van der Waals surface area (Å²) in [5.74, 6) is 0.315. The smallest absolute Gasteiger partial charge is 0.237 e. The summed E-state index contributed by atoms with van der Waals surface area (Å²) < 4.78 is 10.2. The molecule has 1 saturated heterocycles. The lowest BCUT2D eigenvalue weighted by Gasteiger charge is -2.21. The topological polar surface area (TPSA) is 73.6 Å². The summed E-state index contributed by atoms with van der Waals surface area (Å²) in [6.07, 6.45) is 1.56. The number of amides is 1. The van der Waals surface area contributed by atoms with Crippen LogP contribution in [0.4, 0.5) is 0 Å². The third-order valence-electron chi connectivity index (χ3n) is 3.01. The molecule has 0 bridgehead atoms. The SMILES string of the molecule is COCCC(N)C(=O)NC(C)C1CCOC1. The molecule has 1 amide bonds. The second kappa shape index (κ2) is 6.83. The van der Waals surface area contributed by atoms with Gasteiger partial charge in [0.2, 0.25) is 5.91 Å². The Morgan fingerprint density at radius 3 is 3.00 bits per heavy atom. The van der Waals surface area contributed by atoms with E-state index >= 15 is 0 Å². The average molecular weight is 230 g/mol. The molecule has 1 rings (SSSR count). The van der Waals surface area contributed by atoms with Crippen molar-refractivity contribution in [2.24, 2.45) is 11.7 Å². The average Bonchev–Trinajstić information content (AvgIpc) is 2.79. The zero-order valence-corrected chi connectivity index (χ0v) is 10.1. The molecule has 1 aliphatic rings. The van der Waals surface area contributed by atoms with Crippen molar-refractivity contribution >= 4 is 5.91 Å². The van der Waals surface area contributed by atoms with Crippen LogP contribution in [0.2, 0.25) is 0 Å². The van der Waals surface area contributed by atoms with Crippen molar-refractivity contribution in [2.45, 2.75) is 31.8 Å². The summed E-state index contributed by atoms with van der Waals surface area (Å²) in [6, 6.07) is -0.353. The fraction of sp³-hybridized carbons (Fsp3) is 0.909. The molecule has 1 aliphatic heterocycles. The summed E-state index contributed by atoms with van der Waals surface area (Å²) in [7, 11) is 1.60. The minimum atomic E-state index is -0.482. The van der Waals surface area contributed by atoms with Gasteiger partial charge in [-0.3, -0.25) is 4.79 Å². The highest BCUT2D eigenvalue weighted by Crippen LogP contribution is 2.16. The Kier molecular flexibility index (Phi) is 5.73. The lowest BCUT2D eigenvalue weighted by atomic mass is 10.0. The van der Waals surface area contributed by atoms with Crippen LogP contribution in [0.25, 0.3) is 0 Å². The lowest BCUT2D eigenvalue weighted by molar-refractivity contribution is -0.123. The molecule has 1 fully saturated rings. The molecule has 0 spiro atoms. The molecule has 5 nitrogen and oxygen atoms in total. The summed E-state index contributed by atoms with van der Waals surface area (Å²) in [6.45, 7) is 4.03. The van der Waals surface area contributed by atoms with Crippen LogP contribution in [-0.4, -0.2) is 44.9 Å². The first kappa shape index (κ1) is 13.4. The molecule has 94 valence electrons. The van der Waals surface area contributed by atoms with E-state index in [0.717, 1.165) is 19.6 Å². The summed E-state index contributed by atoms with van der Waals surface area (Å²) in [5, 5.41) is 2.93. The Balaban J connectivity index is 2.26. The van der Waals surface area contributed by atoms with Crippen LogP contribution in [0.5, 0.6) is 0 Å². The molecule has 0 saturated carbocycles. The van der Waals surface area contributed by atoms with Crippen LogP contribution in [0, 0.1) is 5.92 Å². The van der Waals surface area contributed by atoms with Crippen LogP contribution in [0.1, 0.15) is 19.8 Å². The molecule has 0 aromatic heterocycles. The van der Waals surface area contributed by atoms with Gasteiger partial charge >= 0.3 is 0 Å². The van der Waals surface area contributed by atoms with Gasteiger partial charge in [0.1, 0.15) is 0 Å². The molecule has 3 atom stereocenters. The minimum Gasteiger partial charge on any atom is -0.385 e. The van der Waals surface area contributed by atoms with Gasteiger partial charge in [0, 0.05) is 32.3 Å². The van der Waals surface area contributed by atoms with E-state index in [1.54, 1.807) is 7.11 Å². The van der Waals surface area contributed by atoms with Crippen LogP contribution < -0.4 is 11.1 Å². The first-order valence-electron chi connectivity index (χ1n) is 5.77. The van der Waals surface area contributed by atoms with Gasteiger partial charge in [0.25, 0.3) is 0 Å². The van der Waals surface area contributed by atoms with Gasteiger partial charge in [0.05, 0.1) is 12.6 Å². The molecule has 0 radical (unpaired) electrons. The number of hydrogen-bond acceptors (Lipinski definition) is 4. The van der Waals surface area contributed by atoms with Crippen molar-refractivity contribution in [1.29, 1.82) is 0 Å². The van der Waals surface area contributed by atoms with E-state index in [1.807, 2.05) is 6.92 Å². The monoisotopic (exact) mass is 230 g/mol. The largest absolute Gasteiger partial charge is 0.385 e. The van der Waals surface area contributed by atoms with Gasteiger partial charge in [-0.25, -0.2) is 0 Å². The summed E-state index contributed by atoms with van der Waals surface area (Å²) in [4.78, 5) is 11.7. The van der Waals surface area contributed by atoms with Gasteiger partial charge in [-0.1, -0.05) is 0 Å². The first-order valence-corrected chi connectivity index (χ1v) is 5.77. The molecular formula is C11H22N2O3. The quantitative estimate of drug-likeness (QED) is 0.668. The Bertz CT molecular complexity index is 217. The Labute approximate surface area is 96.7 Å². The van der Waals surface area contributed by atoms with E-state index in [0.29, 0.717) is 18.9 Å². The van der Waals surface area contributed by atoms with Crippen LogP contribution in [0.15, 0.2) is 0 Å². The summed E-state index contributed by atoms with van der Waals surface area (Å²) >= 11 is 0. The Hall–Kier alpha value is -0.650. The molecule has 0 aromatic rings. The third-order valence-corrected chi connectivity index (χ3v) is 3.01. The maximum absolute atomic E-state index is 11.7. The fourth-order valence-corrected chi connectivity index (χ4v) is 1.77. The number of methoxy groups -OCH3 is 1. The molecule has 0 aromatic carbocycles. The molecule has 0 aliphatic carbocycles. The standard InChI is InChI=1S/C11H22N2O3/c1-8(9-3-6-16-7-9)13-11(14)10(12)4-5-15-2/h8-10H,3-7,12H2,1-2H3,(H,13,14). The maximum Gasteiger partial charge on any atom is 0.237 e. The number of rotatable bonds is 6. The van der Waals surface area contributed by atoms with E-state index in [9.17, 15) is 4.79 Å². The Morgan fingerprint density at radius 2 is 2.44 bits per heavy atom. The molecule has 3 unspecified atom stereocenters. The first-order chi connectivity index (χ1) is 7.65. The number of nitrogens with one attached hydrogen (secondary N) is 1. The van der Waals surface area contributed by atoms with Crippen LogP contribution in [-0.2, 0) is 14.3 Å². The van der Waals surface area contributed by atoms with Crippen molar-refractivity contribution in [3.05, 3.63) is 0 Å². The van der Waals surface area contributed by atoms with Gasteiger partial charge in [-0.2, -0.15) is 0 Å². The second-order valence-electron chi connectivity index (χ2n) is 4.31. The Morgan fingerprint density at radius 1 is 1.69 bits per heavy atom. The van der Waals surface area contributed by atoms with E-state index in [2.05, 4.69) is 5.32 Å². The van der Waals surface area contributed by atoms with Crippen molar-refractivity contribution in [2.75, 3.05) is 26.9 Å². The molecular weight excluding hydrogens is 208 g/mol. The number of carbonyl (C=O) groups excluding carboxylic acids is 1. The zero-order chi connectivity index (χ0) is 12.0. The number of hydrogen-bond donors (Lipinski definition) is 2. The van der Waals surface area contributed by atoms with Gasteiger partial charge in [-0.05, 0) is 19.8 Å². The van der Waals surface area contributed by atoms with Gasteiger partial charge in [0.15, 0.2) is 0 Å². The van der Waals surface area contributed by atoms with Crippen molar-refractivity contribution in [3.63, 3.8) is 0 Å². The van der Waals surface area contributed by atoms with Gasteiger partial charge < -0.3 is 20.5 Å². The third kappa shape index (κ3) is 4.08. The van der Waals surface area contributed by atoms with E-state index in [-0.39, 0.29) is 11.9 Å². The van der Waals surface area contributed by atoms with Crippen molar-refractivity contribution < 1.29 is 14.3 Å². The van der Waals surface area contributed by atoms with E-state index in [1.165, 1.54) is 0 Å².